The van der Waals surface area contributed by atoms with Gasteiger partial charge in [-0.2, -0.15) is 4.31 Å². The first-order valence-electron chi connectivity index (χ1n) is 8.39. The molecule has 9 heteroatoms. The number of carbonyl (C=O) groups excluding carboxylic acids is 1. The number of thiophene rings is 2. The molecule has 144 valence electrons. The third kappa shape index (κ3) is 6.66. The summed E-state index contributed by atoms with van der Waals surface area (Å²) in [5, 5.41) is 3.27. The van der Waals surface area contributed by atoms with Crippen LogP contribution < -0.4 is 0 Å². The summed E-state index contributed by atoms with van der Waals surface area (Å²) >= 11 is 8.66. The van der Waals surface area contributed by atoms with Crippen LogP contribution in [0, 0.1) is 0 Å². The van der Waals surface area contributed by atoms with Gasteiger partial charge in [0.25, 0.3) is 0 Å². The molecule has 0 aliphatic rings. The fourth-order valence-electron chi connectivity index (χ4n) is 2.40. The molecule has 1 amide bonds. The van der Waals surface area contributed by atoms with Crippen molar-refractivity contribution in [1.29, 1.82) is 0 Å². The van der Waals surface area contributed by atoms with E-state index in [0.29, 0.717) is 19.6 Å². The Labute approximate surface area is 168 Å². The highest BCUT2D eigenvalue weighted by molar-refractivity contribution is 7.89. The Morgan fingerprint density at radius 1 is 1.08 bits per heavy atom. The van der Waals surface area contributed by atoms with Gasteiger partial charge in [0.15, 0.2) is 0 Å². The molecule has 2 rings (SSSR count). The van der Waals surface area contributed by atoms with E-state index in [1.165, 1.54) is 31.9 Å². The molecule has 26 heavy (non-hydrogen) atoms. The lowest BCUT2D eigenvalue weighted by molar-refractivity contribution is 0.223. The van der Waals surface area contributed by atoms with E-state index < -0.39 is 15.4 Å². The van der Waals surface area contributed by atoms with Gasteiger partial charge < -0.3 is 4.90 Å². The molecule has 0 radical (unpaired) electrons. The molecule has 0 aromatic carbocycles. The van der Waals surface area contributed by atoms with E-state index in [4.69, 9.17) is 11.6 Å². The maximum Gasteiger partial charge on any atom is 0.316 e. The molecule has 0 unspecified atom stereocenters. The zero-order chi connectivity index (χ0) is 19.0. The van der Waals surface area contributed by atoms with Crippen molar-refractivity contribution in [2.24, 2.45) is 0 Å². The van der Waals surface area contributed by atoms with Crippen molar-refractivity contribution in [2.75, 3.05) is 18.8 Å². The van der Waals surface area contributed by atoms with Crippen LogP contribution in [0.15, 0.2) is 35.0 Å². The highest BCUT2D eigenvalue weighted by atomic mass is 35.5. The Kier molecular flexibility index (Phi) is 8.56. The van der Waals surface area contributed by atoms with Gasteiger partial charge in [-0.05, 0) is 40.9 Å². The zero-order valence-electron chi connectivity index (χ0n) is 14.6. The third-order valence-electron chi connectivity index (χ3n) is 3.87. The first-order chi connectivity index (χ1) is 12.4. The Hall–Kier alpha value is -0.930. The first-order valence-corrected chi connectivity index (χ1v) is 12.1. The van der Waals surface area contributed by atoms with Crippen LogP contribution in [0.25, 0.3) is 0 Å². The molecule has 0 fully saturated rings. The summed E-state index contributed by atoms with van der Waals surface area (Å²) in [5.41, 5.74) is 0. The van der Waals surface area contributed by atoms with Gasteiger partial charge in [0.2, 0.25) is 10.0 Å². The standard InChI is InChI=1S/C17H23ClN2O3S3/c1-2-3-8-19(17(18)21)9-12-26(22,23)20(13-15-6-4-10-24-15)14-16-7-5-11-25-16/h4-7,10-11H,2-3,8-9,12-14H2,1H3. The fourth-order valence-corrected chi connectivity index (χ4v) is 5.55. The molecule has 0 saturated carbocycles. The summed E-state index contributed by atoms with van der Waals surface area (Å²) in [6, 6.07) is 7.68. The Morgan fingerprint density at radius 2 is 1.65 bits per heavy atom. The SMILES string of the molecule is CCCCN(CCS(=O)(=O)N(Cc1cccs1)Cc1cccs1)C(=O)Cl. The lowest BCUT2D eigenvalue weighted by Gasteiger charge is -2.24. The first kappa shape index (κ1) is 21.4. The van der Waals surface area contributed by atoms with Crippen LogP contribution in [-0.4, -0.2) is 41.8 Å². The van der Waals surface area contributed by atoms with Crippen molar-refractivity contribution in [2.45, 2.75) is 32.9 Å². The Balaban J connectivity index is 2.09. The van der Waals surface area contributed by atoms with Gasteiger partial charge in [-0.3, -0.25) is 4.79 Å². The van der Waals surface area contributed by atoms with Crippen molar-refractivity contribution in [1.82, 2.24) is 9.21 Å². The second-order valence-corrected chi connectivity index (χ2v) is 10.3. The van der Waals surface area contributed by atoms with E-state index in [1.54, 1.807) is 0 Å². The predicted octanol–water partition coefficient (Wildman–Crippen LogP) is 4.60. The van der Waals surface area contributed by atoms with Crippen LogP contribution in [0.2, 0.25) is 0 Å². The van der Waals surface area contributed by atoms with E-state index in [9.17, 15) is 13.2 Å². The van der Waals surface area contributed by atoms with Crippen molar-refractivity contribution >= 4 is 49.7 Å². The van der Waals surface area contributed by atoms with Crippen molar-refractivity contribution in [3.05, 3.63) is 44.8 Å². The van der Waals surface area contributed by atoms with Crippen LogP contribution in [0.1, 0.15) is 29.5 Å². The monoisotopic (exact) mass is 434 g/mol. The number of halogens is 1. The van der Waals surface area contributed by atoms with Crippen molar-refractivity contribution in [3.63, 3.8) is 0 Å². The van der Waals surface area contributed by atoms with Gasteiger partial charge >= 0.3 is 5.37 Å². The van der Waals surface area contributed by atoms with E-state index >= 15 is 0 Å². The third-order valence-corrected chi connectivity index (χ3v) is 7.57. The van der Waals surface area contributed by atoms with Gasteiger partial charge in [-0.25, -0.2) is 8.42 Å². The lowest BCUT2D eigenvalue weighted by atomic mass is 10.3. The van der Waals surface area contributed by atoms with E-state index in [2.05, 4.69) is 0 Å². The van der Waals surface area contributed by atoms with Gasteiger partial charge in [0.1, 0.15) is 0 Å². The normalized spacial score (nSPS) is 11.8. The van der Waals surface area contributed by atoms with E-state index in [1.807, 2.05) is 41.9 Å². The topological polar surface area (TPSA) is 57.7 Å². The largest absolute Gasteiger partial charge is 0.328 e. The second-order valence-electron chi connectivity index (χ2n) is 5.84. The van der Waals surface area contributed by atoms with Crippen LogP contribution in [0.4, 0.5) is 4.79 Å². The van der Waals surface area contributed by atoms with Gasteiger partial charge in [-0.15, -0.1) is 22.7 Å². The minimum atomic E-state index is -3.53. The van der Waals surface area contributed by atoms with E-state index in [0.717, 1.165) is 22.6 Å². The smallest absolute Gasteiger partial charge is 0.316 e. The molecule has 2 aromatic heterocycles. The van der Waals surface area contributed by atoms with Crippen LogP contribution in [-0.2, 0) is 23.1 Å². The average Bonchev–Trinajstić information content (AvgIpc) is 3.27. The van der Waals surface area contributed by atoms with Gasteiger partial charge in [0.05, 0.1) is 5.75 Å². The molecular weight excluding hydrogens is 412 g/mol. The summed E-state index contributed by atoms with van der Waals surface area (Å²) < 4.78 is 27.4. The molecular formula is C17H23ClN2O3S3. The van der Waals surface area contributed by atoms with E-state index in [-0.39, 0.29) is 12.3 Å². The molecule has 2 aromatic rings. The summed E-state index contributed by atoms with van der Waals surface area (Å²) in [6.07, 6.45) is 1.71. The van der Waals surface area contributed by atoms with Crippen LogP contribution in [0.5, 0.6) is 0 Å². The van der Waals surface area contributed by atoms with Crippen LogP contribution >= 0.6 is 34.3 Å². The molecule has 0 atom stereocenters. The number of carbonyl (C=O) groups is 1. The van der Waals surface area contributed by atoms with Crippen molar-refractivity contribution < 1.29 is 13.2 Å². The molecule has 0 spiro atoms. The van der Waals surface area contributed by atoms with Crippen molar-refractivity contribution in [3.8, 4) is 0 Å². The number of rotatable bonds is 11. The number of sulfonamides is 1. The molecule has 0 aliphatic heterocycles. The molecule has 5 nitrogen and oxygen atoms in total. The highest BCUT2D eigenvalue weighted by Gasteiger charge is 2.25. The number of hydrogen-bond donors (Lipinski definition) is 0. The quantitative estimate of drug-likeness (QED) is 0.383. The number of unbranched alkanes of at least 4 members (excludes halogenated alkanes) is 1. The summed E-state index contributed by atoms with van der Waals surface area (Å²) in [5.74, 6) is -0.133. The summed E-state index contributed by atoms with van der Waals surface area (Å²) in [6.45, 7) is 3.26. The summed E-state index contributed by atoms with van der Waals surface area (Å²) in [7, 11) is -3.53. The number of amides is 1. The number of hydrogen-bond acceptors (Lipinski definition) is 5. The molecule has 0 N–H and O–H groups in total. The average molecular weight is 435 g/mol. The molecule has 0 saturated heterocycles. The number of nitrogens with zero attached hydrogens (tertiary/aromatic N) is 2. The fraction of sp³-hybridized carbons (Fsp3) is 0.471. The second kappa shape index (κ2) is 10.4. The van der Waals surface area contributed by atoms with Gasteiger partial charge in [0, 0.05) is 35.9 Å². The lowest BCUT2D eigenvalue weighted by Crippen LogP contribution is -2.38. The summed E-state index contributed by atoms with van der Waals surface area (Å²) in [4.78, 5) is 14.9. The maximum absolute atomic E-state index is 12.9. The zero-order valence-corrected chi connectivity index (χ0v) is 17.8. The van der Waals surface area contributed by atoms with Gasteiger partial charge in [-0.1, -0.05) is 25.5 Å². The Morgan fingerprint density at radius 3 is 2.08 bits per heavy atom. The minimum absolute atomic E-state index is 0.107. The maximum atomic E-state index is 12.9. The molecule has 2 heterocycles. The highest BCUT2D eigenvalue weighted by Crippen LogP contribution is 2.20. The Bertz CT molecular complexity index is 725. The minimum Gasteiger partial charge on any atom is -0.328 e. The predicted molar refractivity (Wildman–Crippen MR) is 109 cm³/mol. The molecule has 0 aliphatic carbocycles. The molecule has 0 bridgehead atoms. The van der Waals surface area contributed by atoms with Crippen LogP contribution in [0.3, 0.4) is 0 Å².